The van der Waals surface area contributed by atoms with Crippen molar-refractivity contribution in [2.45, 2.75) is 39.0 Å². The highest BCUT2D eigenvalue weighted by Gasteiger charge is 2.35. The van der Waals surface area contributed by atoms with Gasteiger partial charge in [-0.2, -0.15) is 18.3 Å². The summed E-state index contributed by atoms with van der Waals surface area (Å²) < 4.78 is 53.8. The van der Waals surface area contributed by atoms with Crippen molar-refractivity contribution in [1.82, 2.24) is 15.2 Å². The van der Waals surface area contributed by atoms with Gasteiger partial charge in [-0.05, 0) is 37.8 Å². The number of fused-ring (bicyclic) bond motifs is 1. The third-order valence-electron chi connectivity index (χ3n) is 5.90. The van der Waals surface area contributed by atoms with Crippen molar-refractivity contribution in [1.29, 1.82) is 0 Å². The molecule has 1 saturated heterocycles. The van der Waals surface area contributed by atoms with Crippen molar-refractivity contribution >= 4 is 22.4 Å². The normalized spacial score (nSPS) is 16.4. The predicted octanol–water partition coefficient (Wildman–Crippen LogP) is 4.80. The summed E-state index contributed by atoms with van der Waals surface area (Å²) in [4.78, 5) is 6.75. The van der Waals surface area contributed by atoms with Gasteiger partial charge in [0.1, 0.15) is 17.8 Å². The molecule has 0 saturated carbocycles. The number of rotatable bonds is 4. The quantitative estimate of drug-likeness (QED) is 0.441. The van der Waals surface area contributed by atoms with Crippen molar-refractivity contribution < 1.29 is 17.6 Å². The number of benzene rings is 1. The molecule has 0 unspecified atom stereocenters. The Hall–Kier alpha value is -3.01. The minimum Gasteiger partial charge on any atom is -0.357 e. The van der Waals surface area contributed by atoms with E-state index in [1.165, 1.54) is 6.07 Å². The maximum Gasteiger partial charge on any atom is 0.419 e. The average Bonchev–Trinajstić information content (AvgIpc) is 2.75. The maximum atomic E-state index is 14.5. The van der Waals surface area contributed by atoms with Crippen molar-refractivity contribution in [3.63, 3.8) is 0 Å². The number of aryl methyl sites for hydroxylation is 1. The molecule has 6 nitrogen and oxygen atoms in total. The largest absolute Gasteiger partial charge is 0.419 e. The lowest BCUT2D eigenvalue weighted by Crippen LogP contribution is -2.33. The van der Waals surface area contributed by atoms with Gasteiger partial charge in [-0.25, -0.2) is 9.37 Å². The molecule has 0 amide bonds. The molecule has 10 heteroatoms. The Morgan fingerprint density at radius 3 is 2.56 bits per heavy atom. The summed E-state index contributed by atoms with van der Waals surface area (Å²) in [5, 5.41) is 12.5. The van der Waals surface area contributed by atoms with E-state index in [0.29, 0.717) is 23.1 Å². The first-order valence-corrected chi connectivity index (χ1v) is 10.4. The van der Waals surface area contributed by atoms with Crippen LogP contribution in [-0.4, -0.2) is 28.3 Å². The second kappa shape index (κ2) is 8.50. The van der Waals surface area contributed by atoms with Crippen LogP contribution in [0, 0.1) is 18.7 Å². The summed E-state index contributed by atoms with van der Waals surface area (Å²) in [6.07, 6.45) is -2.24. The van der Waals surface area contributed by atoms with Gasteiger partial charge in [0, 0.05) is 35.6 Å². The summed E-state index contributed by atoms with van der Waals surface area (Å²) in [6, 6.07) is 4.89. The van der Waals surface area contributed by atoms with E-state index in [-0.39, 0.29) is 11.4 Å². The van der Waals surface area contributed by atoms with Gasteiger partial charge < -0.3 is 16.0 Å². The van der Waals surface area contributed by atoms with E-state index in [1.807, 2.05) is 6.07 Å². The molecule has 0 bridgehead atoms. The highest BCUT2D eigenvalue weighted by atomic mass is 19.4. The fourth-order valence-corrected chi connectivity index (χ4v) is 3.91. The van der Waals surface area contributed by atoms with Crippen LogP contribution in [0.1, 0.15) is 42.8 Å². The topological polar surface area (TPSA) is 80.0 Å². The molecule has 2 aromatic heterocycles. The summed E-state index contributed by atoms with van der Waals surface area (Å²) in [5.41, 5.74) is 5.03. The molecule has 1 fully saturated rings. The van der Waals surface area contributed by atoms with Crippen LogP contribution in [0.15, 0.2) is 30.5 Å². The molecule has 1 atom stereocenters. The van der Waals surface area contributed by atoms with Crippen LogP contribution >= 0.6 is 0 Å². The lowest BCUT2D eigenvalue weighted by Gasteiger charge is -2.31. The number of pyridine rings is 1. The molecule has 32 heavy (non-hydrogen) atoms. The number of piperidine rings is 1. The molecule has 3 aromatic rings. The number of hydrogen-bond donors (Lipinski definition) is 2. The number of halogens is 4. The fourth-order valence-electron chi connectivity index (χ4n) is 3.91. The maximum absolute atomic E-state index is 14.5. The van der Waals surface area contributed by atoms with E-state index in [4.69, 9.17) is 5.73 Å². The zero-order chi connectivity index (χ0) is 23.0. The lowest BCUT2D eigenvalue weighted by atomic mass is 9.99. The monoisotopic (exact) mass is 448 g/mol. The molecule has 3 heterocycles. The SMILES string of the molecule is Cc1nnc(N[C@H](N)c2cccc(C(F)(F)F)c2F)c2cc(N3CCC(C)CC3)ncc12. The van der Waals surface area contributed by atoms with Crippen LogP contribution in [0.4, 0.5) is 29.2 Å². The van der Waals surface area contributed by atoms with Crippen molar-refractivity contribution in [3.05, 3.63) is 53.1 Å². The molecule has 0 spiro atoms. The number of alkyl halides is 3. The van der Waals surface area contributed by atoms with E-state index in [0.717, 1.165) is 43.2 Å². The standard InChI is InChI=1S/C22H24F4N6/c1-12-6-8-32(9-7-12)18-10-15-16(11-28-18)13(2)30-31-21(15)29-20(27)14-4-3-5-17(19(14)23)22(24,25)26/h3-5,10-12,20H,6-9,27H2,1-2H3,(H,29,31)/t20-/m0/s1. The van der Waals surface area contributed by atoms with Gasteiger partial charge in [0.15, 0.2) is 5.82 Å². The highest BCUT2D eigenvalue weighted by molar-refractivity contribution is 5.94. The minimum absolute atomic E-state index is 0.254. The Morgan fingerprint density at radius 1 is 1.16 bits per heavy atom. The zero-order valence-electron chi connectivity index (χ0n) is 17.7. The first-order valence-electron chi connectivity index (χ1n) is 10.4. The fraction of sp³-hybridized carbons (Fsp3) is 0.409. The molecular formula is C22H24F4N6. The second-order valence-corrected chi connectivity index (χ2v) is 8.22. The van der Waals surface area contributed by atoms with Crippen LogP contribution in [-0.2, 0) is 6.18 Å². The number of nitrogens with zero attached hydrogens (tertiary/aromatic N) is 4. The average molecular weight is 448 g/mol. The molecule has 170 valence electrons. The molecule has 1 aliphatic rings. The van der Waals surface area contributed by atoms with Crippen LogP contribution in [0.2, 0.25) is 0 Å². The predicted molar refractivity (Wildman–Crippen MR) is 115 cm³/mol. The number of aromatic nitrogens is 3. The summed E-state index contributed by atoms with van der Waals surface area (Å²) >= 11 is 0. The molecular weight excluding hydrogens is 424 g/mol. The molecule has 1 aromatic carbocycles. The van der Waals surface area contributed by atoms with Gasteiger partial charge in [0.05, 0.1) is 11.3 Å². The molecule has 3 N–H and O–H groups in total. The van der Waals surface area contributed by atoms with Gasteiger partial charge in [-0.3, -0.25) is 0 Å². The zero-order valence-corrected chi connectivity index (χ0v) is 17.7. The summed E-state index contributed by atoms with van der Waals surface area (Å²) in [7, 11) is 0. The first kappa shape index (κ1) is 22.2. The van der Waals surface area contributed by atoms with Crippen LogP contribution < -0.4 is 16.0 Å². The smallest absolute Gasteiger partial charge is 0.357 e. The third-order valence-corrected chi connectivity index (χ3v) is 5.90. The van der Waals surface area contributed by atoms with Crippen LogP contribution in [0.3, 0.4) is 0 Å². The van der Waals surface area contributed by atoms with Gasteiger partial charge in [-0.15, -0.1) is 5.10 Å². The lowest BCUT2D eigenvalue weighted by molar-refractivity contribution is -0.140. The van der Waals surface area contributed by atoms with Gasteiger partial charge in [0.25, 0.3) is 0 Å². The number of anilines is 2. The van der Waals surface area contributed by atoms with E-state index in [9.17, 15) is 17.6 Å². The number of nitrogens with one attached hydrogen (secondary N) is 1. The Morgan fingerprint density at radius 2 is 1.88 bits per heavy atom. The molecule has 0 radical (unpaired) electrons. The second-order valence-electron chi connectivity index (χ2n) is 8.22. The Balaban J connectivity index is 1.69. The van der Waals surface area contributed by atoms with Crippen LogP contribution in [0.25, 0.3) is 10.8 Å². The minimum atomic E-state index is -4.82. The van der Waals surface area contributed by atoms with Crippen molar-refractivity contribution in [2.75, 3.05) is 23.3 Å². The summed E-state index contributed by atoms with van der Waals surface area (Å²) in [5.74, 6) is 0.286. The van der Waals surface area contributed by atoms with E-state index in [2.05, 4.69) is 32.3 Å². The molecule has 4 rings (SSSR count). The Labute approximate surface area is 182 Å². The first-order chi connectivity index (χ1) is 15.1. The van der Waals surface area contributed by atoms with Gasteiger partial charge >= 0.3 is 6.18 Å². The summed E-state index contributed by atoms with van der Waals surface area (Å²) in [6.45, 7) is 5.78. The van der Waals surface area contributed by atoms with E-state index >= 15 is 0 Å². The third kappa shape index (κ3) is 4.32. The van der Waals surface area contributed by atoms with Crippen molar-refractivity contribution in [2.24, 2.45) is 11.7 Å². The van der Waals surface area contributed by atoms with Gasteiger partial charge in [0.2, 0.25) is 0 Å². The highest BCUT2D eigenvalue weighted by Crippen LogP contribution is 2.34. The van der Waals surface area contributed by atoms with E-state index < -0.39 is 23.7 Å². The van der Waals surface area contributed by atoms with Gasteiger partial charge in [-0.1, -0.05) is 19.1 Å². The number of hydrogen-bond acceptors (Lipinski definition) is 6. The molecule has 0 aliphatic carbocycles. The Bertz CT molecular complexity index is 1130. The molecule has 1 aliphatic heterocycles. The Kier molecular flexibility index (Phi) is 5.89. The van der Waals surface area contributed by atoms with Crippen molar-refractivity contribution in [3.8, 4) is 0 Å². The van der Waals surface area contributed by atoms with E-state index in [1.54, 1.807) is 13.1 Å². The van der Waals surface area contributed by atoms with Crippen LogP contribution in [0.5, 0.6) is 0 Å². The number of nitrogens with two attached hydrogens (primary N) is 1.